The molecule has 1 heterocycles. The smallest absolute Gasteiger partial charge is 0.222 e. The van der Waals surface area contributed by atoms with Crippen molar-refractivity contribution in [3.8, 4) is 0 Å². The maximum Gasteiger partial charge on any atom is 0.222 e. The fourth-order valence-electron chi connectivity index (χ4n) is 0.577. The molecule has 0 aromatic heterocycles. The molecule has 9 heavy (non-hydrogen) atoms. The van der Waals surface area contributed by atoms with Gasteiger partial charge in [0.1, 0.15) is 4.58 Å². The van der Waals surface area contributed by atoms with Gasteiger partial charge in [0, 0.05) is 0 Å². The second-order valence-corrected chi connectivity index (χ2v) is 4.92. The fraction of sp³-hybridized carbons (Fsp3) is 0.500. The Kier molecular flexibility index (Phi) is 1.83. The first-order valence-corrected chi connectivity index (χ1v) is 4.98. The van der Waals surface area contributed by atoms with Crippen molar-refractivity contribution in [2.75, 3.05) is 0 Å². The molecular formula is C4H7NO2S2. The summed E-state index contributed by atoms with van der Waals surface area (Å²) >= 11 is 1.26. The monoisotopic (exact) mass is 165 g/mol. The summed E-state index contributed by atoms with van der Waals surface area (Å²) in [5, 5.41) is 6.61. The summed E-state index contributed by atoms with van der Waals surface area (Å²) in [7, 11) is -3.30. The summed E-state index contributed by atoms with van der Waals surface area (Å²) in [6.07, 6.45) is 2.35. The Morgan fingerprint density at radius 2 is 2.33 bits per heavy atom. The lowest BCUT2D eigenvalue weighted by Crippen LogP contribution is -2.23. The largest absolute Gasteiger partial charge is 0.228 e. The van der Waals surface area contributed by atoms with Crippen LogP contribution in [0.4, 0.5) is 0 Å². The van der Waals surface area contributed by atoms with Crippen LogP contribution in [0.15, 0.2) is 11.5 Å². The maximum atomic E-state index is 10.6. The number of nitrogens with two attached hydrogens (primary N) is 1. The highest BCUT2D eigenvalue weighted by Crippen LogP contribution is 2.26. The van der Waals surface area contributed by atoms with Gasteiger partial charge in [-0.3, -0.25) is 0 Å². The quantitative estimate of drug-likeness (QED) is 0.606. The summed E-state index contributed by atoms with van der Waals surface area (Å²) in [6, 6.07) is 0. The number of thioether (sulfide) groups is 1. The predicted octanol–water partition coefficient (Wildman–Crippen LogP) is 0.252. The summed E-state index contributed by atoms with van der Waals surface area (Å²) in [6.45, 7) is 0. The van der Waals surface area contributed by atoms with E-state index < -0.39 is 14.6 Å². The van der Waals surface area contributed by atoms with Crippen LogP contribution >= 0.6 is 11.8 Å². The van der Waals surface area contributed by atoms with Crippen molar-refractivity contribution in [2.45, 2.75) is 11.0 Å². The Morgan fingerprint density at radius 1 is 1.67 bits per heavy atom. The SMILES string of the molecule is NS(=O)(=O)C1CC=CS1. The highest BCUT2D eigenvalue weighted by molar-refractivity contribution is 8.14. The van der Waals surface area contributed by atoms with Crippen LogP contribution in [0.1, 0.15) is 6.42 Å². The fourth-order valence-corrected chi connectivity index (χ4v) is 2.39. The standard InChI is InChI=1S/C4H7NO2S2/c5-9(6,7)4-2-1-3-8-4/h1,3-4H,2H2,(H2,5,6,7). The van der Waals surface area contributed by atoms with Gasteiger partial charge in [0.15, 0.2) is 0 Å². The molecule has 2 N–H and O–H groups in total. The number of allylic oxidation sites excluding steroid dienone is 1. The van der Waals surface area contributed by atoms with E-state index in [0.717, 1.165) is 0 Å². The van der Waals surface area contributed by atoms with Gasteiger partial charge in [-0.15, -0.1) is 11.8 Å². The van der Waals surface area contributed by atoms with Crippen molar-refractivity contribution in [2.24, 2.45) is 5.14 Å². The molecule has 1 atom stereocenters. The molecule has 0 radical (unpaired) electrons. The van der Waals surface area contributed by atoms with E-state index >= 15 is 0 Å². The molecule has 1 aliphatic heterocycles. The molecule has 1 rings (SSSR count). The van der Waals surface area contributed by atoms with Crippen molar-refractivity contribution in [1.29, 1.82) is 0 Å². The molecule has 0 saturated heterocycles. The Bertz CT molecular complexity index is 211. The molecular weight excluding hydrogens is 158 g/mol. The highest BCUT2D eigenvalue weighted by Gasteiger charge is 2.22. The van der Waals surface area contributed by atoms with Crippen molar-refractivity contribution in [3.63, 3.8) is 0 Å². The molecule has 52 valence electrons. The third-order valence-electron chi connectivity index (χ3n) is 1.02. The van der Waals surface area contributed by atoms with Crippen LogP contribution in [0.2, 0.25) is 0 Å². The second kappa shape index (κ2) is 2.32. The molecule has 0 aliphatic carbocycles. The Hall–Kier alpha value is -0.0000000000000000555. The van der Waals surface area contributed by atoms with Gasteiger partial charge in [-0.25, -0.2) is 13.6 Å². The Labute approximate surface area is 58.4 Å². The van der Waals surface area contributed by atoms with Gasteiger partial charge < -0.3 is 0 Å². The normalized spacial score (nSPS) is 27.0. The van der Waals surface area contributed by atoms with Gasteiger partial charge in [-0.1, -0.05) is 6.08 Å². The van der Waals surface area contributed by atoms with Gasteiger partial charge in [-0.2, -0.15) is 0 Å². The minimum Gasteiger partial charge on any atom is -0.228 e. The van der Waals surface area contributed by atoms with Gasteiger partial charge in [0.05, 0.1) is 0 Å². The third-order valence-corrected chi connectivity index (χ3v) is 3.93. The van der Waals surface area contributed by atoms with Crippen LogP contribution in [-0.2, 0) is 10.0 Å². The Balaban J connectivity index is 2.68. The third kappa shape index (κ3) is 1.70. The average Bonchev–Trinajstić information content (AvgIpc) is 2.08. The molecule has 0 bridgehead atoms. The molecule has 0 spiro atoms. The summed E-state index contributed by atoms with van der Waals surface area (Å²) in [5.74, 6) is 0. The lowest BCUT2D eigenvalue weighted by atomic mass is 10.5. The minimum absolute atomic E-state index is 0.433. The predicted molar refractivity (Wildman–Crippen MR) is 38.2 cm³/mol. The zero-order chi connectivity index (χ0) is 6.91. The molecule has 0 saturated carbocycles. The first-order chi connectivity index (χ1) is 4.11. The molecule has 0 fully saturated rings. The molecule has 0 amide bonds. The maximum absolute atomic E-state index is 10.6. The molecule has 0 aromatic rings. The number of hydrogen-bond acceptors (Lipinski definition) is 3. The summed E-state index contributed by atoms with van der Waals surface area (Å²) < 4.78 is 20.7. The van der Waals surface area contributed by atoms with Crippen LogP contribution in [0.25, 0.3) is 0 Å². The zero-order valence-corrected chi connectivity index (χ0v) is 6.28. The van der Waals surface area contributed by atoms with Crippen LogP contribution in [0, 0.1) is 0 Å². The van der Waals surface area contributed by atoms with Crippen molar-refractivity contribution in [3.05, 3.63) is 11.5 Å². The first-order valence-electron chi connectivity index (χ1n) is 2.43. The van der Waals surface area contributed by atoms with Crippen LogP contribution in [0.5, 0.6) is 0 Å². The van der Waals surface area contributed by atoms with Gasteiger partial charge >= 0.3 is 0 Å². The lowest BCUT2D eigenvalue weighted by molar-refractivity contribution is 0.595. The number of sulfonamides is 1. The highest BCUT2D eigenvalue weighted by atomic mass is 32.3. The van der Waals surface area contributed by atoms with Crippen LogP contribution in [0.3, 0.4) is 0 Å². The second-order valence-electron chi connectivity index (χ2n) is 1.76. The summed E-state index contributed by atoms with van der Waals surface area (Å²) in [4.78, 5) is 0. The molecule has 1 unspecified atom stereocenters. The molecule has 5 heteroatoms. The molecule has 3 nitrogen and oxygen atoms in total. The minimum atomic E-state index is -3.30. The van der Waals surface area contributed by atoms with Crippen LogP contribution in [-0.4, -0.2) is 13.0 Å². The molecule has 0 aromatic carbocycles. The number of primary sulfonamides is 1. The summed E-state index contributed by atoms with van der Waals surface area (Å²) in [5.41, 5.74) is 0. The number of rotatable bonds is 1. The van der Waals surface area contributed by atoms with Crippen molar-refractivity contribution in [1.82, 2.24) is 0 Å². The van der Waals surface area contributed by atoms with Gasteiger partial charge in [0.25, 0.3) is 0 Å². The number of hydrogen-bond donors (Lipinski definition) is 1. The van der Waals surface area contributed by atoms with E-state index in [1.165, 1.54) is 11.8 Å². The van der Waals surface area contributed by atoms with Gasteiger partial charge in [0.2, 0.25) is 10.0 Å². The van der Waals surface area contributed by atoms with Crippen LogP contribution < -0.4 is 5.14 Å². The molecule has 1 aliphatic rings. The van der Waals surface area contributed by atoms with E-state index in [1.807, 2.05) is 0 Å². The Morgan fingerprint density at radius 3 is 2.56 bits per heavy atom. The van der Waals surface area contributed by atoms with Gasteiger partial charge in [-0.05, 0) is 11.8 Å². The van der Waals surface area contributed by atoms with E-state index in [4.69, 9.17) is 5.14 Å². The van der Waals surface area contributed by atoms with E-state index in [9.17, 15) is 8.42 Å². The average molecular weight is 165 g/mol. The first kappa shape index (κ1) is 7.11. The van der Waals surface area contributed by atoms with E-state index in [-0.39, 0.29) is 0 Å². The van der Waals surface area contributed by atoms with E-state index in [2.05, 4.69) is 0 Å². The van der Waals surface area contributed by atoms with E-state index in [1.54, 1.807) is 11.5 Å². The lowest BCUT2D eigenvalue weighted by Gasteiger charge is -2.02. The van der Waals surface area contributed by atoms with Crippen molar-refractivity contribution >= 4 is 21.8 Å². The van der Waals surface area contributed by atoms with Crippen molar-refractivity contribution < 1.29 is 8.42 Å². The van der Waals surface area contributed by atoms with E-state index in [0.29, 0.717) is 6.42 Å². The topological polar surface area (TPSA) is 60.2 Å². The zero-order valence-electron chi connectivity index (χ0n) is 4.65.